The van der Waals surface area contributed by atoms with Crippen LogP contribution in [0.2, 0.25) is 0 Å². The molecule has 0 N–H and O–H groups in total. The van der Waals surface area contributed by atoms with Gasteiger partial charge in [0.1, 0.15) is 5.69 Å². The lowest BCUT2D eigenvalue weighted by Gasteiger charge is -1.90. The summed E-state index contributed by atoms with van der Waals surface area (Å²) in [5.74, 6) is 0.516. The van der Waals surface area contributed by atoms with Crippen LogP contribution in [0, 0.1) is 0 Å². The number of hydrogen-bond donors (Lipinski definition) is 0. The van der Waals surface area contributed by atoms with E-state index in [1.807, 2.05) is 0 Å². The average Bonchev–Trinajstić information content (AvgIpc) is 2.46. The molecule has 1 aromatic rings. The topological polar surface area (TPSA) is 47.2 Å². The Bertz CT molecular complexity index is 275. The molecule has 0 saturated heterocycles. The third-order valence-corrected chi connectivity index (χ3v) is 1.19. The molecule has 0 aromatic carbocycles. The molecule has 0 radical (unpaired) electrons. The summed E-state index contributed by atoms with van der Waals surface area (Å²) in [7, 11) is 0. The zero-order valence-corrected chi connectivity index (χ0v) is 5.90. The van der Waals surface area contributed by atoms with Crippen LogP contribution in [0.4, 0.5) is 5.82 Å². The van der Waals surface area contributed by atoms with Crippen LogP contribution in [0.3, 0.4) is 0 Å². The van der Waals surface area contributed by atoms with Crippen molar-refractivity contribution in [2.45, 2.75) is 0 Å². The summed E-state index contributed by atoms with van der Waals surface area (Å²) in [5.41, 5.74) is 0.326. The Hall–Kier alpha value is -1.71. The lowest BCUT2D eigenvalue weighted by Crippen LogP contribution is -1.88. The molecule has 0 bridgehead atoms. The second kappa shape index (κ2) is 2.92. The zero-order chi connectivity index (χ0) is 8.27. The van der Waals surface area contributed by atoms with Crippen molar-refractivity contribution in [1.82, 2.24) is 9.78 Å². The molecule has 0 saturated carbocycles. The number of nitrogens with zero attached hydrogens (tertiary/aromatic N) is 3. The summed E-state index contributed by atoms with van der Waals surface area (Å²) in [6, 6.07) is 1.53. The van der Waals surface area contributed by atoms with Crippen LogP contribution >= 0.6 is 0 Å². The number of rotatable bonds is 3. The maximum Gasteiger partial charge on any atom is 0.170 e. The van der Waals surface area contributed by atoms with Gasteiger partial charge >= 0.3 is 0 Å². The number of aldehydes is 1. The molecule has 4 nitrogen and oxygen atoms in total. The third-order valence-electron chi connectivity index (χ3n) is 1.19. The van der Waals surface area contributed by atoms with Gasteiger partial charge in [-0.25, -0.2) is 9.67 Å². The van der Waals surface area contributed by atoms with Crippen LogP contribution < -0.4 is 0 Å². The van der Waals surface area contributed by atoms with E-state index in [-0.39, 0.29) is 0 Å². The first-order valence-electron chi connectivity index (χ1n) is 2.96. The first kappa shape index (κ1) is 7.40. The predicted molar refractivity (Wildman–Crippen MR) is 43.2 cm³/mol. The standard InChI is InChI=1S/C7H7N3O/c1-3-10-7(8-2)4-6(5-11)9-10/h3-5H,1-2H2. The van der Waals surface area contributed by atoms with Crippen molar-refractivity contribution in [1.29, 1.82) is 0 Å². The fraction of sp³-hybridized carbons (Fsp3) is 0. The van der Waals surface area contributed by atoms with Crippen LogP contribution in [0.5, 0.6) is 0 Å². The summed E-state index contributed by atoms with van der Waals surface area (Å²) in [4.78, 5) is 13.9. The molecule has 0 aliphatic carbocycles. The lowest BCUT2D eigenvalue weighted by molar-refractivity contribution is 0.111. The molecular formula is C7H7N3O. The van der Waals surface area contributed by atoms with E-state index in [4.69, 9.17) is 0 Å². The highest BCUT2D eigenvalue weighted by Gasteiger charge is 2.01. The van der Waals surface area contributed by atoms with E-state index in [1.54, 1.807) is 0 Å². The number of aromatic nitrogens is 2. The predicted octanol–water partition coefficient (Wildman–Crippen LogP) is 1.13. The summed E-state index contributed by atoms with van der Waals surface area (Å²) in [5, 5.41) is 3.81. The molecule has 0 aliphatic heterocycles. The first-order valence-corrected chi connectivity index (χ1v) is 2.96. The summed E-state index contributed by atoms with van der Waals surface area (Å²) < 4.78 is 1.39. The van der Waals surface area contributed by atoms with Gasteiger partial charge in [-0.1, -0.05) is 6.58 Å². The molecule has 1 heterocycles. The van der Waals surface area contributed by atoms with Crippen molar-refractivity contribution in [3.63, 3.8) is 0 Å². The lowest BCUT2D eigenvalue weighted by atomic mass is 10.5. The minimum absolute atomic E-state index is 0.326. The van der Waals surface area contributed by atoms with E-state index in [1.165, 1.54) is 16.9 Å². The van der Waals surface area contributed by atoms with E-state index in [9.17, 15) is 4.79 Å². The summed E-state index contributed by atoms with van der Waals surface area (Å²) in [6.45, 7) is 6.80. The molecule has 11 heavy (non-hydrogen) atoms. The highest BCUT2D eigenvalue weighted by Crippen LogP contribution is 2.11. The van der Waals surface area contributed by atoms with Gasteiger partial charge in [0.05, 0.1) is 0 Å². The molecule has 0 atom stereocenters. The summed E-state index contributed by atoms with van der Waals surface area (Å²) in [6.07, 6.45) is 2.10. The van der Waals surface area contributed by atoms with Gasteiger partial charge in [0, 0.05) is 12.3 Å². The second-order valence-electron chi connectivity index (χ2n) is 1.83. The average molecular weight is 149 g/mol. The maximum atomic E-state index is 10.2. The van der Waals surface area contributed by atoms with Gasteiger partial charge in [-0.3, -0.25) is 4.79 Å². The third kappa shape index (κ3) is 1.24. The quantitative estimate of drug-likeness (QED) is 0.477. The molecule has 1 rings (SSSR count). The van der Waals surface area contributed by atoms with Crippen LogP contribution in [0.1, 0.15) is 10.5 Å². The molecule has 0 fully saturated rings. The maximum absolute atomic E-state index is 10.2. The van der Waals surface area contributed by atoms with Crippen LogP contribution in [-0.2, 0) is 0 Å². The van der Waals surface area contributed by atoms with Gasteiger partial charge in [-0.05, 0) is 6.72 Å². The molecule has 0 amide bonds. The molecular weight excluding hydrogens is 142 g/mol. The number of aliphatic imine (C=N–C) groups is 1. The highest BCUT2D eigenvalue weighted by molar-refractivity contribution is 5.73. The van der Waals surface area contributed by atoms with Crippen molar-refractivity contribution in [2.24, 2.45) is 4.99 Å². The molecule has 0 unspecified atom stereocenters. The van der Waals surface area contributed by atoms with E-state index in [0.717, 1.165) is 0 Å². The van der Waals surface area contributed by atoms with E-state index < -0.39 is 0 Å². The Labute approximate surface area is 63.9 Å². The first-order chi connectivity index (χ1) is 5.31. The van der Waals surface area contributed by atoms with Crippen LogP contribution in [0.25, 0.3) is 6.20 Å². The normalized spacial score (nSPS) is 9.09. The van der Waals surface area contributed by atoms with Crippen LogP contribution in [0.15, 0.2) is 17.6 Å². The molecule has 0 spiro atoms. The van der Waals surface area contributed by atoms with Gasteiger partial charge in [0.15, 0.2) is 12.1 Å². The number of hydrogen-bond acceptors (Lipinski definition) is 3. The van der Waals surface area contributed by atoms with Gasteiger partial charge in [0.2, 0.25) is 0 Å². The second-order valence-corrected chi connectivity index (χ2v) is 1.83. The smallest absolute Gasteiger partial charge is 0.170 e. The van der Waals surface area contributed by atoms with E-state index >= 15 is 0 Å². The Morgan fingerprint density at radius 2 is 2.45 bits per heavy atom. The molecule has 0 aliphatic rings. The van der Waals surface area contributed by atoms with Gasteiger partial charge < -0.3 is 0 Å². The molecule has 1 aromatic heterocycles. The molecule has 4 heteroatoms. The summed E-state index contributed by atoms with van der Waals surface area (Å²) >= 11 is 0. The van der Waals surface area contributed by atoms with Crippen molar-refractivity contribution < 1.29 is 4.79 Å². The van der Waals surface area contributed by atoms with Crippen molar-refractivity contribution in [3.8, 4) is 0 Å². The SMILES string of the molecule is C=Cn1nc(C=O)cc1N=C. The number of carbonyl (C=O) groups excluding carboxylic acids is 1. The largest absolute Gasteiger partial charge is 0.296 e. The Morgan fingerprint density at radius 1 is 1.73 bits per heavy atom. The van der Waals surface area contributed by atoms with Crippen molar-refractivity contribution in [2.75, 3.05) is 0 Å². The molecule has 56 valence electrons. The van der Waals surface area contributed by atoms with Crippen LogP contribution in [-0.4, -0.2) is 22.8 Å². The monoisotopic (exact) mass is 149 g/mol. The van der Waals surface area contributed by atoms with Gasteiger partial charge in [-0.2, -0.15) is 5.10 Å². The Balaban J connectivity index is 3.21. The van der Waals surface area contributed by atoms with Crippen molar-refractivity contribution in [3.05, 3.63) is 18.3 Å². The fourth-order valence-corrected chi connectivity index (χ4v) is 0.713. The zero-order valence-electron chi connectivity index (χ0n) is 5.90. The van der Waals surface area contributed by atoms with Gasteiger partial charge in [0.25, 0.3) is 0 Å². The fourth-order valence-electron chi connectivity index (χ4n) is 0.713. The Kier molecular flexibility index (Phi) is 1.96. The van der Waals surface area contributed by atoms with E-state index in [0.29, 0.717) is 17.8 Å². The van der Waals surface area contributed by atoms with Crippen molar-refractivity contribution >= 4 is 25.0 Å². The Morgan fingerprint density at radius 3 is 2.82 bits per heavy atom. The van der Waals surface area contributed by atoms with Gasteiger partial charge in [-0.15, -0.1) is 0 Å². The van der Waals surface area contributed by atoms with E-state index in [2.05, 4.69) is 23.4 Å². The highest BCUT2D eigenvalue weighted by atomic mass is 16.1. The number of carbonyl (C=O) groups is 1. The minimum Gasteiger partial charge on any atom is -0.296 e. The minimum atomic E-state index is 0.326.